The van der Waals surface area contributed by atoms with Gasteiger partial charge in [-0.15, -0.1) is 0 Å². The third-order valence-corrected chi connectivity index (χ3v) is 4.70. The first-order chi connectivity index (χ1) is 10.2. The standard InChI is InChI=1S/C16H22N2O3/c19-12-3-4-13(15(20)10-12)16(21)18-9-1-2-14(18)11-5-7-17-8-6-11/h3-4,10-11,14,17,19-20H,1-2,5-9H2. The first-order valence-electron chi connectivity index (χ1n) is 7.70. The number of piperidine rings is 1. The van der Waals surface area contributed by atoms with Crippen LogP contribution in [0.1, 0.15) is 36.0 Å². The minimum atomic E-state index is -0.143. The van der Waals surface area contributed by atoms with Crippen molar-refractivity contribution in [2.45, 2.75) is 31.7 Å². The van der Waals surface area contributed by atoms with Crippen LogP contribution in [0.3, 0.4) is 0 Å². The monoisotopic (exact) mass is 290 g/mol. The number of amides is 1. The highest BCUT2D eigenvalue weighted by Crippen LogP contribution is 2.32. The number of carbonyl (C=O) groups is 1. The third-order valence-electron chi connectivity index (χ3n) is 4.70. The molecule has 0 bridgehead atoms. The molecular formula is C16H22N2O3. The van der Waals surface area contributed by atoms with E-state index in [4.69, 9.17) is 0 Å². The first-order valence-corrected chi connectivity index (χ1v) is 7.70. The smallest absolute Gasteiger partial charge is 0.257 e. The molecule has 0 aliphatic carbocycles. The van der Waals surface area contributed by atoms with Gasteiger partial charge in [0.15, 0.2) is 0 Å². The van der Waals surface area contributed by atoms with E-state index >= 15 is 0 Å². The van der Waals surface area contributed by atoms with E-state index in [0.29, 0.717) is 5.92 Å². The maximum absolute atomic E-state index is 12.7. The number of rotatable bonds is 2. The zero-order chi connectivity index (χ0) is 14.8. The summed E-state index contributed by atoms with van der Waals surface area (Å²) in [7, 11) is 0. The summed E-state index contributed by atoms with van der Waals surface area (Å²) in [4.78, 5) is 14.6. The van der Waals surface area contributed by atoms with Crippen molar-refractivity contribution < 1.29 is 15.0 Å². The molecule has 1 unspecified atom stereocenters. The molecule has 3 rings (SSSR count). The highest BCUT2D eigenvalue weighted by Gasteiger charge is 2.36. The van der Waals surface area contributed by atoms with Gasteiger partial charge >= 0.3 is 0 Å². The Bertz CT molecular complexity index is 526. The Morgan fingerprint density at radius 3 is 2.67 bits per heavy atom. The summed E-state index contributed by atoms with van der Waals surface area (Å²) < 4.78 is 0. The summed E-state index contributed by atoms with van der Waals surface area (Å²) in [6.07, 6.45) is 4.29. The highest BCUT2D eigenvalue weighted by molar-refractivity contribution is 5.97. The molecule has 1 aromatic rings. The molecule has 0 aromatic heterocycles. The second-order valence-corrected chi connectivity index (χ2v) is 6.00. The fourth-order valence-electron chi connectivity index (χ4n) is 3.62. The number of benzene rings is 1. The predicted octanol–water partition coefficient (Wildman–Crippen LogP) is 1.70. The maximum atomic E-state index is 12.7. The van der Waals surface area contributed by atoms with Crippen molar-refractivity contribution in [3.8, 4) is 11.5 Å². The summed E-state index contributed by atoms with van der Waals surface area (Å²) in [5, 5.41) is 22.6. The van der Waals surface area contributed by atoms with Crippen molar-refractivity contribution in [3.05, 3.63) is 23.8 Å². The lowest BCUT2D eigenvalue weighted by molar-refractivity contribution is 0.0663. The van der Waals surface area contributed by atoms with Gasteiger partial charge in [0, 0.05) is 18.7 Å². The molecule has 1 aromatic carbocycles. The van der Waals surface area contributed by atoms with Crippen LogP contribution in [-0.4, -0.2) is 46.7 Å². The number of hydrogen-bond donors (Lipinski definition) is 3. The van der Waals surface area contributed by atoms with E-state index in [9.17, 15) is 15.0 Å². The van der Waals surface area contributed by atoms with Crippen LogP contribution in [0, 0.1) is 5.92 Å². The maximum Gasteiger partial charge on any atom is 0.257 e. The van der Waals surface area contributed by atoms with Crippen LogP contribution in [0.25, 0.3) is 0 Å². The number of aromatic hydroxyl groups is 2. The molecule has 114 valence electrons. The number of phenols is 2. The molecule has 2 saturated heterocycles. The van der Waals surface area contributed by atoms with E-state index in [0.717, 1.165) is 45.3 Å². The molecule has 0 saturated carbocycles. The van der Waals surface area contributed by atoms with Crippen molar-refractivity contribution in [1.82, 2.24) is 10.2 Å². The first kappa shape index (κ1) is 14.2. The molecule has 5 nitrogen and oxygen atoms in total. The van der Waals surface area contributed by atoms with Gasteiger partial charge in [0.1, 0.15) is 11.5 Å². The molecule has 5 heteroatoms. The lowest BCUT2D eigenvalue weighted by Crippen LogP contribution is -2.43. The number of nitrogens with one attached hydrogen (secondary N) is 1. The Labute approximate surface area is 124 Å². The SMILES string of the molecule is O=C(c1ccc(O)cc1O)N1CCCC1C1CCNCC1. The van der Waals surface area contributed by atoms with Crippen LogP contribution in [-0.2, 0) is 0 Å². The van der Waals surface area contributed by atoms with Crippen LogP contribution in [0.15, 0.2) is 18.2 Å². The van der Waals surface area contributed by atoms with Crippen LogP contribution >= 0.6 is 0 Å². The largest absolute Gasteiger partial charge is 0.508 e. The molecule has 2 aliphatic rings. The topological polar surface area (TPSA) is 72.8 Å². The van der Waals surface area contributed by atoms with E-state index in [1.165, 1.54) is 18.2 Å². The Morgan fingerprint density at radius 2 is 1.95 bits per heavy atom. The molecule has 2 fully saturated rings. The molecule has 2 heterocycles. The Morgan fingerprint density at radius 1 is 1.19 bits per heavy atom. The lowest BCUT2D eigenvalue weighted by atomic mass is 9.88. The van der Waals surface area contributed by atoms with E-state index < -0.39 is 0 Å². The molecule has 1 atom stereocenters. The zero-order valence-electron chi connectivity index (χ0n) is 12.1. The summed E-state index contributed by atoms with van der Waals surface area (Å²) in [5.41, 5.74) is 0.286. The fraction of sp³-hybridized carbons (Fsp3) is 0.562. The van der Waals surface area contributed by atoms with Crippen LogP contribution in [0.5, 0.6) is 11.5 Å². The van der Waals surface area contributed by atoms with Gasteiger partial charge in [-0.25, -0.2) is 0 Å². The van der Waals surface area contributed by atoms with Crippen LogP contribution in [0.2, 0.25) is 0 Å². The Balaban J connectivity index is 1.79. The normalized spacial score (nSPS) is 23.4. The van der Waals surface area contributed by atoms with Gasteiger partial charge < -0.3 is 20.4 Å². The number of likely N-dealkylation sites (tertiary alicyclic amines) is 1. The molecule has 1 amide bonds. The molecule has 21 heavy (non-hydrogen) atoms. The quantitative estimate of drug-likeness (QED) is 0.775. The van der Waals surface area contributed by atoms with Gasteiger partial charge in [0.2, 0.25) is 0 Å². The van der Waals surface area contributed by atoms with Crippen molar-refractivity contribution >= 4 is 5.91 Å². The summed E-state index contributed by atoms with van der Waals surface area (Å²) in [5.74, 6) is 0.266. The second-order valence-electron chi connectivity index (χ2n) is 6.00. The zero-order valence-corrected chi connectivity index (χ0v) is 12.1. The van der Waals surface area contributed by atoms with Crippen LogP contribution in [0.4, 0.5) is 0 Å². The van der Waals surface area contributed by atoms with E-state index in [1.54, 1.807) is 0 Å². The summed E-state index contributed by atoms with van der Waals surface area (Å²) in [6.45, 7) is 2.80. The predicted molar refractivity (Wildman–Crippen MR) is 79.4 cm³/mol. The van der Waals surface area contributed by atoms with Gasteiger partial charge in [0.05, 0.1) is 5.56 Å². The fourth-order valence-corrected chi connectivity index (χ4v) is 3.62. The van der Waals surface area contributed by atoms with Crippen molar-refractivity contribution in [2.75, 3.05) is 19.6 Å². The van der Waals surface area contributed by atoms with Crippen LogP contribution < -0.4 is 5.32 Å². The molecule has 0 radical (unpaired) electrons. The molecule has 3 N–H and O–H groups in total. The highest BCUT2D eigenvalue weighted by atomic mass is 16.3. The van der Waals surface area contributed by atoms with Gasteiger partial charge in [-0.2, -0.15) is 0 Å². The second kappa shape index (κ2) is 5.93. The summed E-state index contributed by atoms with van der Waals surface area (Å²) >= 11 is 0. The van der Waals surface area contributed by atoms with E-state index in [-0.39, 0.29) is 29.0 Å². The lowest BCUT2D eigenvalue weighted by Gasteiger charge is -2.34. The number of phenolic OH excluding ortho intramolecular Hbond substituents is 2. The Hall–Kier alpha value is -1.75. The number of nitrogens with zero attached hydrogens (tertiary/aromatic N) is 1. The van der Waals surface area contributed by atoms with Crippen molar-refractivity contribution in [3.63, 3.8) is 0 Å². The van der Waals surface area contributed by atoms with Gasteiger partial charge in [-0.3, -0.25) is 4.79 Å². The molecule has 2 aliphatic heterocycles. The minimum absolute atomic E-state index is 0.0274. The molecule has 0 spiro atoms. The number of carbonyl (C=O) groups excluding carboxylic acids is 1. The van der Waals surface area contributed by atoms with Gasteiger partial charge in [-0.05, 0) is 56.8 Å². The summed E-state index contributed by atoms with van der Waals surface area (Å²) in [6, 6.07) is 4.46. The number of hydrogen-bond acceptors (Lipinski definition) is 4. The van der Waals surface area contributed by atoms with Gasteiger partial charge in [0.25, 0.3) is 5.91 Å². The third kappa shape index (κ3) is 2.83. The van der Waals surface area contributed by atoms with Crippen molar-refractivity contribution in [1.29, 1.82) is 0 Å². The van der Waals surface area contributed by atoms with E-state index in [1.807, 2.05) is 4.90 Å². The average molecular weight is 290 g/mol. The Kier molecular flexibility index (Phi) is 4.01. The molecular weight excluding hydrogens is 268 g/mol. The average Bonchev–Trinajstić information content (AvgIpc) is 2.97. The minimum Gasteiger partial charge on any atom is -0.508 e. The van der Waals surface area contributed by atoms with Crippen molar-refractivity contribution in [2.24, 2.45) is 5.92 Å². The van der Waals surface area contributed by atoms with Gasteiger partial charge in [-0.1, -0.05) is 0 Å². The van der Waals surface area contributed by atoms with E-state index in [2.05, 4.69) is 5.32 Å².